The Kier molecular flexibility index (Phi) is 3.78. The Balaban J connectivity index is 3.24. The fraction of sp³-hybridized carbons (Fsp3) is 0.250. The lowest BCUT2D eigenvalue weighted by molar-refractivity contribution is 0.0600. The largest absolute Gasteiger partial charge is 0.465 e. The second kappa shape index (κ2) is 5.08. The topological polar surface area (TPSA) is 67.2 Å². The summed E-state index contributed by atoms with van der Waals surface area (Å²) in [6.07, 6.45) is 0.158. The van der Waals surface area contributed by atoms with E-state index in [9.17, 15) is 9.59 Å². The lowest BCUT2D eigenvalue weighted by Gasteiger charge is -2.04. The molecule has 0 unspecified atom stereocenters. The predicted octanol–water partition coefficient (Wildman–Crippen LogP) is 1.74. The molecule has 0 saturated carbocycles. The molecule has 0 radical (unpaired) electrons. The molecule has 0 aliphatic heterocycles. The van der Waals surface area contributed by atoms with Crippen LogP contribution in [-0.2, 0) is 11.2 Å². The lowest BCUT2D eigenvalue weighted by atomic mass is 10.0. The summed E-state index contributed by atoms with van der Waals surface area (Å²) in [5.74, 6) is -0.660. The molecule has 0 amide bonds. The first-order valence-corrected chi connectivity index (χ1v) is 4.68. The van der Waals surface area contributed by atoms with Crippen LogP contribution >= 0.6 is 0 Å². The van der Waals surface area contributed by atoms with Gasteiger partial charge in [-0.15, -0.1) is 0 Å². The monoisotopic (exact) mass is 217 g/mol. The molecule has 0 spiro atoms. The second-order valence-corrected chi connectivity index (χ2v) is 3.30. The maximum absolute atomic E-state index is 11.3. The second-order valence-electron chi connectivity index (χ2n) is 3.30. The fourth-order valence-corrected chi connectivity index (χ4v) is 1.32. The maximum atomic E-state index is 11.3. The van der Waals surface area contributed by atoms with E-state index in [1.165, 1.54) is 20.1 Å². The van der Waals surface area contributed by atoms with E-state index in [0.717, 1.165) is 0 Å². The molecular formula is C12H11NO3. The Bertz CT molecular complexity index is 472. The SMILES string of the molecule is COC(=O)c1cc(CC#N)cc(C(C)=O)c1. The molecule has 82 valence electrons. The minimum Gasteiger partial charge on any atom is -0.465 e. The first-order chi connectivity index (χ1) is 7.58. The van der Waals surface area contributed by atoms with Gasteiger partial charge in [-0.3, -0.25) is 4.79 Å². The van der Waals surface area contributed by atoms with E-state index in [1.54, 1.807) is 12.1 Å². The number of nitrogens with zero attached hydrogens (tertiary/aromatic N) is 1. The summed E-state index contributed by atoms with van der Waals surface area (Å²) in [4.78, 5) is 22.6. The minimum atomic E-state index is -0.512. The molecule has 0 bridgehead atoms. The van der Waals surface area contributed by atoms with Crippen molar-refractivity contribution in [1.29, 1.82) is 5.26 Å². The number of hydrogen-bond acceptors (Lipinski definition) is 4. The normalized spacial score (nSPS) is 9.31. The van der Waals surface area contributed by atoms with E-state index in [4.69, 9.17) is 5.26 Å². The van der Waals surface area contributed by atoms with Crippen LogP contribution in [0.4, 0.5) is 0 Å². The average molecular weight is 217 g/mol. The van der Waals surface area contributed by atoms with Crippen LogP contribution in [0.3, 0.4) is 0 Å². The molecule has 0 aromatic heterocycles. The highest BCUT2D eigenvalue weighted by Gasteiger charge is 2.10. The molecule has 0 atom stereocenters. The van der Waals surface area contributed by atoms with Crippen molar-refractivity contribution in [3.05, 3.63) is 34.9 Å². The summed E-state index contributed by atoms with van der Waals surface area (Å²) in [5.41, 5.74) is 1.34. The number of nitriles is 1. The van der Waals surface area contributed by atoms with E-state index in [0.29, 0.717) is 16.7 Å². The molecule has 0 heterocycles. The Labute approximate surface area is 93.5 Å². The van der Waals surface area contributed by atoms with Crippen molar-refractivity contribution in [1.82, 2.24) is 0 Å². The zero-order chi connectivity index (χ0) is 12.1. The number of carbonyl (C=O) groups is 2. The summed E-state index contributed by atoms with van der Waals surface area (Å²) in [5, 5.41) is 8.58. The van der Waals surface area contributed by atoms with Gasteiger partial charge in [0.2, 0.25) is 0 Å². The van der Waals surface area contributed by atoms with Crippen LogP contribution in [0.2, 0.25) is 0 Å². The van der Waals surface area contributed by atoms with Crippen molar-refractivity contribution < 1.29 is 14.3 Å². The van der Waals surface area contributed by atoms with Crippen molar-refractivity contribution in [3.8, 4) is 6.07 Å². The van der Waals surface area contributed by atoms with Crippen LogP contribution < -0.4 is 0 Å². The third kappa shape index (κ3) is 2.67. The van der Waals surface area contributed by atoms with Crippen LogP contribution in [0.5, 0.6) is 0 Å². The Morgan fingerprint density at radius 2 is 1.94 bits per heavy atom. The number of ketones is 1. The highest BCUT2D eigenvalue weighted by Crippen LogP contribution is 2.12. The summed E-state index contributed by atoms with van der Waals surface area (Å²) >= 11 is 0. The maximum Gasteiger partial charge on any atom is 0.337 e. The Hall–Kier alpha value is -2.15. The summed E-state index contributed by atoms with van der Waals surface area (Å²) in [6.45, 7) is 1.41. The first-order valence-electron chi connectivity index (χ1n) is 4.68. The minimum absolute atomic E-state index is 0.148. The van der Waals surface area contributed by atoms with Gasteiger partial charge >= 0.3 is 5.97 Å². The van der Waals surface area contributed by atoms with Crippen LogP contribution in [0.1, 0.15) is 33.2 Å². The number of carbonyl (C=O) groups excluding carboxylic acids is 2. The van der Waals surface area contributed by atoms with Crippen LogP contribution in [0, 0.1) is 11.3 Å². The van der Waals surface area contributed by atoms with Gasteiger partial charge in [-0.25, -0.2) is 4.79 Å². The summed E-state index contributed by atoms with van der Waals surface area (Å²) in [7, 11) is 1.27. The molecule has 1 aromatic rings. The van der Waals surface area contributed by atoms with Gasteiger partial charge in [0.05, 0.1) is 25.2 Å². The molecule has 16 heavy (non-hydrogen) atoms. The fourth-order valence-electron chi connectivity index (χ4n) is 1.32. The van der Waals surface area contributed by atoms with E-state index in [2.05, 4.69) is 4.74 Å². The number of benzene rings is 1. The number of rotatable bonds is 3. The number of methoxy groups -OCH3 is 1. The van der Waals surface area contributed by atoms with E-state index < -0.39 is 5.97 Å². The van der Waals surface area contributed by atoms with E-state index in [1.807, 2.05) is 6.07 Å². The number of hydrogen-bond donors (Lipinski definition) is 0. The van der Waals surface area contributed by atoms with Crippen LogP contribution in [0.25, 0.3) is 0 Å². The summed E-state index contributed by atoms with van der Waals surface area (Å²) in [6, 6.07) is 6.60. The van der Waals surface area contributed by atoms with Gasteiger partial charge in [-0.1, -0.05) is 0 Å². The Morgan fingerprint density at radius 1 is 1.31 bits per heavy atom. The van der Waals surface area contributed by atoms with Crippen molar-refractivity contribution in [2.45, 2.75) is 13.3 Å². The molecular weight excluding hydrogens is 206 g/mol. The van der Waals surface area contributed by atoms with Crippen LogP contribution in [-0.4, -0.2) is 18.9 Å². The molecule has 1 aromatic carbocycles. The molecule has 0 aliphatic rings. The van der Waals surface area contributed by atoms with Gasteiger partial charge in [-0.05, 0) is 30.7 Å². The number of esters is 1. The molecule has 4 nitrogen and oxygen atoms in total. The molecule has 0 aliphatic carbocycles. The van der Waals surface area contributed by atoms with Gasteiger partial charge < -0.3 is 4.74 Å². The van der Waals surface area contributed by atoms with Gasteiger partial charge in [0.15, 0.2) is 5.78 Å². The van der Waals surface area contributed by atoms with Crippen LogP contribution in [0.15, 0.2) is 18.2 Å². The zero-order valence-corrected chi connectivity index (χ0v) is 9.11. The zero-order valence-electron chi connectivity index (χ0n) is 9.11. The molecule has 1 rings (SSSR count). The van der Waals surface area contributed by atoms with Gasteiger partial charge in [0.1, 0.15) is 0 Å². The Morgan fingerprint density at radius 3 is 2.44 bits per heavy atom. The van der Waals surface area contributed by atoms with E-state index in [-0.39, 0.29) is 12.2 Å². The summed E-state index contributed by atoms with van der Waals surface area (Å²) < 4.78 is 4.57. The molecule has 0 saturated heterocycles. The van der Waals surface area contributed by atoms with Crippen molar-refractivity contribution in [3.63, 3.8) is 0 Å². The molecule has 4 heteroatoms. The lowest BCUT2D eigenvalue weighted by Crippen LogP contribution is -2.05. The molecule has 0 N–H and O–H groups in total. The third-order valence-corrected chi connectivity index (χ3v) is 2.10. The number of Topliss-reactive ketones (excluding diaryl/α,β-unsaturated/α-hetero) is 1. The predicted molar refractivity (Wildman–Crippen MR) is 57.1 cm³/mol. The van der Waals surface area contributed by atoms with Gasteiger partial charge in [-0.2, -0.15) is 5.26 Å². The number of ether oxygens (including phenoxy) is 1. The first kappa shape index (κ1) is 11.9. The smallest absolute Gasteiger partial charge is 0.337 e. The third-order valence-electron chi connectivity index (χ3n) is 2.10. The van der Waals surface area contributed by atoms with Gasteiger partial charge in [0.25, 0.3) is 0 Å². The van der Waals surface area contributed by atoms with E-state index >= 15 is 0 Å². The van der Waals surface area contributed by atoms with Crippen molar-refractivity contribution in [2.75, 3.05) is 7.11 Å². The highest BCUT2D eigenvalue weighted by molar-refractivity contribution is 5.98. The van der Waals surface area contributed by atoms with Crippen molar-refractivity contribution in [2.24, 2.45) is 0 Å². The standard InChI is InChI=1S/C12H11NO3/c1-8(14)10-5-9(3-4-13)6-11(7-10)12(15)16-2/h5-7H,3H2,1-2H3. The van der Waals surface area contributed by atoms with Crippen molar-refractivity contribution >= 4 is 11.8 Å². The highest BCUT2D eigenvalue weighted by atomic mass is 16.5. The quantitative estimate of drug-likeness (QED) is 0.571. The molecule has 0 fully saturated rings. The average Bonchev–Trinajstić information content (AvgIpc) is 2.28. The van der Waals surface area contributed by atoms with Gasteiger partial charge in [0, 0.05) is 5.56 Å².